The zero-order valence-corrected chi connectivity index (χ0v) is 18.5. The van der Waals surface area contributed by atoms with E-state index >= 15 is 0 Å². The van der Waals surface area contributed by atoms with Crippen LogP contribution in [0, 0.1) is 5.92 Å². The van der Waals surface area contributed by atoms with Crippen molar-refractivity contribution >= 4 is 11.9 Å². The monoisotopic (exact) mass is 393 g/mol. The van der Waals surface area contributed by atoms with E-state index in [-0.39, 0.29) is 5.92 Å². The lowest BCUT2D eigenvalue weighted by Gasteiger charge is -2.34. The maximum atomic E-state index is 12.0. The van der Waals surface area contributed by atoms with Gasteiger partial charge in [0.1, 0.15) is 0 Å². The molecule has 0 aromatic heterocycles. The molecule has 0 radical (unpaired) electrons. The lowest BCUT2D eigenvalue weighted by Crippen LogP contribution is -2.52. The molecule has 28 heavy (non-hydrogen) atoms. The quantitative estimate of drug-likeness (QED) is 0.130. The average molecular weight is 394 g/mol. The summed E-state index contributed by atoms with van der Waals surface area (Å²) in [4.78, 5) is 23.6. The number of allylic oxidation sites excluding steroid dienone is 2. The van der Waals surface area contributed by atoms with E-state index in [1.807, 2.05) is 13.8 Å². The molecule has 4 heteroatoms. The molecule has 2 atom stereocenters. The van der Waals surface area contributed by atoms with Gasteiger partial charge in [0.05, 0.1) is 0 Å². The molecular formula is C24H43NO3. The summed E-state index contributed by atoms with van der Waals surface area (Å²) in [5.41, 5.74) is 4.34. The van der Waals surface area contributed by atoms with Crippen LogP contribution in [0.25, 0.3) is 0 Å². The maximum absolute atomic E-state index is 12.0. The van der Waals surface area contributed by atoms with E-state index in [4.69, 9.17) is 10.5 Å². The van der Waals surface area contributed by atoms with Gasteiger partial charge in [0, 0.05) is 12.0 Å². The molecule has 2 unspecified atom stereocenters. The number of rotatable bonds is 18. The highest BCUT2D eigenvalue weighted by Crippen LogP contribution is 2.30. The minimum atomic E-state index is -1.23. The molecule has 0 aliphatic heterocycles. The number of hydrogen-bond acceptors (Lipinski definition) is 3. The third-order valence-electron chi connectivity index (χ3n) is 5.59. The number of carbonyl (C=O) groups is 2. The van der Waals surface area contributed by atoms with Crippen molar-refractivity contribution in [3.05, 3.63) is 24.8 Å². The predicted molar refractivity (Wildman–Crippen MR) is 118 cm³/mol. The van der Waals surface area contributed by atoms with E-state index in [1.165, 1.54) is 44.9 Å². The third kappa shape index (κ3) is 10.7. The number of esters is 1. The summed E-state index contributed by atoms with van der Waals surface area (Å²) in [5, 5.41) is 0. The first-order valence-corrected chi connectivity index (χ1v) is 11.2. The molecule has 0 bridgehead atoms. The van der Waals surface area contributed by atoms with Crippen LogP contribution < -0.4 is 5.73 Å². The summed E-state index contributed by atoms with van der Waals surface area (Å²) in [7, 11) is 0. The minimum absolute atomic E-state index is 0.109. The Bertz CT molecular complexity index is 472. The molecule has 0 rings (SSSR count). The topological polar surface area (TPSA) is 69.4 Å². The highest BCUT2D eigenvalue weighted by Gasteiger charge is 2.43. The van der Waals surface area contributed by atoms with E-state index in [2.05, 4.69) is 25.7 Å². The summed E-state index contributed by atoms with van der Waals surface area (Å²) < 4.78 is 5.38. The van der Waals surface area contributed by atoms with Crippen molar-refractivity contribution in [2.75, 3.05) is 0 Å². The van der Waals surface area contributed by atoms with Crippen LogP contribution in [0.2, 0.25) is 0 Å². The van der Waals surface area contributed by atoms with E-state index in [9.17, 15) is 9.59 Å². The molecule has 0 spiro atoms. The molecule has 0 aromatic carbocycles. The summed E-state index contributed by atoms with van der Waals surface area (Å²) >= 11 is 0. The van der Waals surface area contributed by atoms with Gasteiger partial charge in [-0.1, -0.05) is 84.4 Å². The molecule has 0 aliphatic carbocycles. The molecule has 0 fully saturated rings. The number of unbranched alkanes of at least 4 members (excludes halogenated alkanes) is 9. The van der Waals surface area contributed by atoms with Crippen LogP contribution in [-0.4, -0.2) is 17.5 Å². The van der Waals surface area contributed by atoms with Gasteiger partial charge in [0.25, 0.3) is 5.91 Å². The molecule has 4 nitrogen and oxygen atoms in total. The number of carbonyl (C=O) groups excluding carboxylic acids is 2. The number of nitrogens with two attached hydrogens (primary N) is 1. The van der Waals surface area contributed by atoms with E-state index in [1.54, 1.807) is 0 Å². The van der Waals surface area contributed by atoms with Gasteiger partial charge in [-0.05, 0) is 38.5 Å². The fraction of sp³-hybridized carbons (Fsp3) is 0.750. The zero-order chi connectivity index (χ0) is 21.3. The molecular weight excluding hydrogens is 350 g/mol. The van der Waals surface area contributed by atoms with Gasteiger partial charge in [-0.15, -0.1) is 0 Å². The second-order valence-electron chi connectivity index (χ2n) is 7.80. The predicted octanol–water partition coefficient (Wildman–Crippen LogP) is 6.24. The van der Waals surface area contributed by atoms with Crippen molar-refractivity contribution in [3.8, 4) is 0 Å². The average Bonchev–Trinajstić information content (AvgIpc) is 2.68. The van der Waals surface area contributed by atoms with E-state index in [0.29, 0.717) is 6.42 Å². The second-order valence-corrected chi connectivity index (χ2v) is 7.80. The van der Waals surface area contributed by atoms with Gasteiger partial charge in [0.2, 0.25) is 0 Å². The number of amides is 1. The molecule has 162 valence electrons. The van der Waals surface area contributed by atoms with Crippen LogP contribution in [0.15, 0.2) is 24.8 Å². The number of primary amides is 1. The van der Waals surface area contributed by atoms with Crippen LogP contribution in [0.1, 0.15) is 104 Å². The Labute approximate surface area is 173 Å². The molecule has 2 N–H and O–H groups in total. The van der Waals surface area contributed by atoms with E-state index in [0.717, 1.165) is 38.2 Å². The number of ether oxygens (including phenoxy) is 1. The van der Waals surface area contributed by atoms with Crippen molar-refractivity contribution in [3.63, 3.8) is 0 Å². The summed E-state index contributed by atoms with van der Waals surface area (Å²) in [5.74, 6) is -1.28. The Morgan fingerprint density at radius 1 is 0.964 bits per heavy atom. The van der Waals surface area contributed by atoms with Crippen molar-refractivity contribution in [1.29, 1.82) is 0 Å². The molecule has 1 amide bonds. The highest BCUT2D eigenvalue weighted by molar-refractivity contribution is 5.89. The summed E-state index contributed by atoms with van der Waals surface area (Å²) in [6.07, 6.45) is 20.5. The van der Waals surface area contributed by atoms with Gasteiger partial charge >= 0.3 is 5.97 Å². The molecule has 0 aliphatic rings. The Hall–Kier alpha value is -1.58. The van der Waals surface area contributed by atoms with Crippen LogP contribution in [0.5, 0.6) is 0 Å². The maximum Gasteiger partial charge on any atom is 0.331 e. The SMILES string of the molecule is C=CC(=O)OC(CC)(C(N)=O)C(C)CCCCC/C=C\CCCCCCCC. The lowest BCUT2D eigenvalue weighted by atomic mass is 9.82. The lowest BCUT2D eigenvalue weighted by molar-refractivity contribution is -0.169. The highest BCUT2D eigenvalue weighted by atomic mass is 16.6. The third-order valence-corrected chi connectivity index (χ3v) is 5.59. The molecule has 0 saturated carbocycles. The van der Waals surface area contributed by atoms with Crippen LogP contribution >= 0.6 is 0 Å². The molecule has 0 aromatic rings. The standard InChI is InChI=1S/C24H43NO3/c1-5-8-9-10-11-12-13-14-15-16-17-18-19-20-21(4)24(7-3,23(25)27)28-22(26)6-2/h6,14-15,21H,2,5,7-13,16-20H2,1,3-4H3,(H2,25,27)/b15-14-. The first-order valence-electron chi connectivity index (χ1n) is 11.2. The Balaban J connectivity index is 4.01. The summed E-state index contributed by atoms with van der Waals surface area (Å²) in [6, 6.07) is 0. The normalized spacial score (nSPS) is 14.5. The van der Waals surface area contributed by atoms with Gasteiger partial charge in [0.15, 0.2) is 5.60 Å². The second kappa shape index (κ2) is 16.4. The Morgan fingerprint density at radius 3 is 2.00 bits per heavy atom. The zero-order valence-electron chi connectivity index (χ0n) is 18.5. The van der Waals surface area contributed by atoms with Crippen molar-refractivity contribution in [2.45, 2.75) is 110 Å². The summed E-state index contributed by atoms with van der Waals surface area (Å²) in [6.45, 7) is 9.41. The van der Waals surface area contributed by atoms with Crippen molar-refractivity contribution < 1.29 is 14.3 Å². The number of hydrogen-bond donors (Lipinski definition) is 1. The minimum Gasteiger partial charge on any atom is -0.446 e. The van der Waals surface area contributed by atoms with Crippen LogP contribution in [0.3, 0.4) is 0 Å². The van der Waals surface area contributed by atoms with Crippen molar-refractivity contribution in [1.82, 2.24) is 0 Å². The van der Waals surface area contributed by atoms with Gasteiger partial charge in [-0.25, -0.2) is 4.79 Å². The molecule has 0 heterocycles. The van der Waals surface area contributed by atoms with Crippen molar-refractivity contribution in [2.24, 2.45) is 11.7 Å². The fourth-order valence-corrected chi connectivity index (χ4v) is 3.61. The van der Waals surface area contributed by atoms with Gasteiger partial charge in [-0.3, -0.25) is 4.79 Å². The largest absolute Gasteiger partial charge is 0.446 e. The van der Waals surface area contributed by atoms with Gasteiger partial charge in [-0.2, -0.15) is 0 Å². The first-order chi connectivity index (χ1) is 13.4. The first kappa shape index (κ1) is 26.4. The smallest absolute Gasteiger partial charge is 0.331 e. The fourth-order valence-electron chi connectivity index (χ4n) is 3.61. The molecule has 0 saturated heterocycles. The van der Waals surface area contributed by atoms with Crippen LogP contribution in [0.4, 0.5) is 0 Å². The Kier molecular flexibility index (Phi) is 15.5. The van der Waals surface area contributed by atoms with E-state index < -0.39 is 17.5 Å². The van der Waals surface area contributed by atoms with Crippen LogP contribution in [-0.2, 0) is 14.3 Å². The van der Waals surface area contributed by atoms with Gasteiger partial charge < -0.3 is 10.5 Å². The Morgan fingerprint density at radius 2 is 1.50 bits per heavy atom.